The van der Waals surface area contributed by atoms with Crippen LogP contribution in [0.25, 0.3) is 0 Å². The molecule has 0 aromatic carbocycles. The molecule has 0 amide bonds. The highest BCUT2D eigenvalue weighted by Gasteiger charge is 2.50. The number of aryl methyl sites for hydroxylation is 1. The van der Waals surface area contributed by atoms with Crippen LogP contribution in [0.4, 0.5) is 0 Å². The molecular formula is C15H22N2O7. The zero-order valence-corrected chi connectivity index (χ0v) is 13.9. The maximum Gasteiger partial charge on any atom is 0.330 e. The molecule has 0 spiro atoms. The second kappa shape index (κ2) is 6.25. The van der Waals surface area contributed by atoms with Crippen LogP contribution in [0.3, 0.4) is 0 Å². The van der Waals surface area contributed by atoms with Crippen molar-refractivity contribution >= 4 is 5.78 Å². The molecule has 1 aromatic rings. The Labute approximate surface area is 137 Å². The summed E-state index contributed by atoms with van der Waals surface area (Å²) in [6.45, 7) is 6.26. The van der Waals surface area contributed by atoms with Gasteiger partial charge in [-0.15, -0.1) is 0 Å². The summed E-state index contributed by atoms with van der Waals surface area (Å²) < 4.78 is 6.31. The molecule has 1 fully saturated rings. The van der Waals surface area contributed by atoms with Crippen LogP contribution >= 0.6 is 0 Å². The third-order valence-electron chi connectivity index (χ3n) is 4.01. The summed E-state index contributed by atoms with van der Waals surface area (Å²) in [5, 5.41) is 30.4. The first-order chi connectivity index (χ1) is 10.9. The van der Waals surface area contributed by atoms with Gasteiger partial charge in [0.15, 0.2) is 12.0 Å². The van der Waals surface area contributed by atoms with E-state index in [0.29, 0.717) is 0 Å². The molecule has 1 aliphatic heterocycles. The Balaban J connectivity index is 2.34. The number of nitrogens with one attached hydrogen (secondary N) is 1. The molecule has 0 aliphatic carbocycles. The van der Waals surface area contributed by atoms with Gasteiger partial charge in [0.1, 0.15) is 24.4 Å². The molecule has 0 saturated carbocycles. The molecule has 1 aromatic heterocycles. The van der Waals surface area contributed by atoms with Gasteiger partial charge in [0.25, 0.3) is 5.56 Å². The first-order valence-corrected chi connectivity index (χ1v) is 7.51. The van der Waals surface area contributed by atoms with E-state index in [4.69, 9.17) is 4.74 Å². The van der Waals surface area contributed by atoms with Crippen molar-refractivity contribution in [3.8, 4) is 0 Å². The first-order valence-electron chi connectivity index (χ1n) is 7.51. The van der Waals surface area contributed by atoms with E-state index in [1.54, 1.807) is 20.8 Å². The van der Waals surface area contributed by atoms with Gasteiger partial charge in [-0.1, -0.05) is 20.8 Å². The van der Waals surface area contributed by atoms with E-state index in [1.807, 2.05) is 0 Å². The molecule has 1 aliphatic rings. The quantitative estimate of drug-likeness (QED) is 0.520. The topological polar surface area (TPSA) is 142 Å². The Hall–Kier alpha value is -1.81. The van der Waals surface area contributed by atoms with E-state index in [-0.39, 0.29) is 5.56 Å². The fraction of sp³-hybridized carbons (Fsp3) is 0.667. The van der Waals surface area contributed by atoms with Gasteiger partial charge in [0, 0.05) is 17.2 Å². The standard InChI is InChI=1S/C15H22N2O7/c1-6-5-17(14(23)16-12(6)22)13-8(19)7(18)10(24-13)9(20)11(21)15(2,3)4/h5,7-10,13,18-20H,1-4H3,(H,16,22,23)/t7-,8-,9?,10-,13+/m0/s1. The summed E-state index contributed by atoms with van der Waals surface area (Å²) in [5.74, 6) is -0.565. The molecule has 1 unspecified atom stereocenters. The van der Waals surface area contributed by atoms with Crippen LogP contribution in [0.5, 0.6) is 0 Å². The SMILES string of the molecule is Cc1cn([C@@H]2O[C@H](C(O)C(=O)C(C)(C)C)[C@@H](O)[C@@H]2O)c(=O)[nH]c1=O. The van der Waals surface area contributed by atoms with Crippen molar-refractivity contribution in [3.05, 3.63) is 32.6 Å². The third kappa shape index (κ3) is 3.20. The number of aromatic nitrogens is 2. The first kappa shape index (κ1) is 18.5. The number of hydrogen-bond acceptors (Lipinski definition) is 7. The highest BCUT2D eigenvalue weighted by atomic mass is 16.6. The van der Waals surface area contributed by atoms with E-state index < -0.39 is 53.1 Å². The molecular weight excluding hydrogens is 320 g/mol. The number of nitrogens with zero attached hydrogens (tertiary/aromatic N) is 1. The summed E-state index contributed by atoms with van der Waals surface area (Å²) in [6, 6.07) is 0. The number of aliphatic hydroxyl groups is 3. The lowest BCUT2D eigenvalue weighted by Gasteiger charge is -2.26. The van der Waals surface area contributed by atoms with E-state index in [2.05, 4.69) is 4.98 Å². The minimum Gasteiger partial charge on any atom is -0.387 e. The number of H-pyrrole nitrogens is 1. The van der Waals surface area contributed by atoms with Crippen molar-refractivity contribution in [2.45, 2.75) is 58.3 Å². The summed E-state index contributed by atoms with van der Waals surface area (Å²) in [5.41, 5.74) is -2.09. The van der Waals surface area contributed by atoms with Crippen molar-refractivity contribution < 1.29 is 24.9 Å². The Bertz CT molecular complexity index is 745. The number of ether oxygens (including phenoxy) is 1. The van der Waals surface area contributed by atoms with Gasteiger partial charge in [0.05, 0.1) is 0 Å². The Kier molecular flexibility index (Phi) is 4.82. The van der Waals surface area contributed by atoms with Gasteiger partial charge in [-0.05, 0) is 6.92 Å². The number of rotatable bonds is 3. The third-order valence-corrected chi connectivity index (χ3v) is 4.01. The van der Waals surface area contributed by atoms with Crippen LogP contribution in [-0.2, 0) is 9.53 Å². The number of carbonyl (C=O) groups is 1. The van der Waals surface area contributed by atoms with Crippen LogP contribution in [0.2, 0.25) is 0 Å². The van der Waals surface area contributed by atoms with Crippen molar-refractivity contribution in [2.75, 3.05) is 0 Å². The molecule has 24 heavy (non-hydrogen) atoms. The number of aliphatic hydroxyl groups excluding tert-OH is 3. The predicted molar refractivity (Wildman–Crippen MR) is 82.5 cm³/mol. The zero-order chi connectivity index (χ0) is 18.4. The molecule has 5 atom stereocenters. The van der Waals surface area contributed by atoms with Gasteiger partial charge in [-0.25, -0.2) is 4.79 Å². The van der Waals surface area contributed by atoms with E-state index >= 15 is 0 Å². The van der Waals surface area contributed by atoms with Gasteiger partial charge >= 0.3 is 5.69 Å². The van der Waals surface area contributed by atoms with Crippen molar-refractivity contribution in [2.24, 2.45) is 5.41 Å². The molecule has 4 N–H and O–H groups in total. The Morgan fingerprint density at radius 3 is 2.42 bits per heavy atom. The molecule has 2 heterocycles. The minimum absolute atomic E-state index is 0.203. The van der Waals surface area contributed by atoms with Crippen LogP contribution in [-0.4, -0.2) is 55.1 Å². The Morgan fingerprint density at radius 1 is 1.29 bits per heavy atom. The number of hydrogen-bond donors (Lipinski definition) is 4. The lowest BCUT2D eigenvalue weighted by Crippen LogP contribution is -2.46. The summed E-state index contributed by atoms with van der Waals surface area (Å²) in [4.78, 5) is 37.6. The lowest BCUT2D eigenvalue weighted by atomic mass is 9.85. The molecule has 9 heteroatoms. The maximum absolute atomic E-state index is 12.2. The van der Waals surface area contributed by atoms with Gasteiger partial charge in [-0.3, -0.25) is 19.1 Å². The fourth-order valence-electron chi connectivity index (χ4n) is 2.54. The highest BCUT2D eigenvalue weighted by Crippen LogP contribution is 2.32. The monoisotopic (exact) mass is 342 g/mol. The normalized spacial score (nSPS) is 28.8. The van der Waals surface area contributed by atoms with Crippen LogP contribution in [0.1, 0.15) is 32.6 Å². The molecule has 9 nitrogen and oxygen atoms in total. The number of Topliss-reactive ketones (excluding diaryl/α,β-unsaturated/α-hetero) is 1. The van der Waals surface area contributed by atoms with Crippen LogP contribution in [0, 0.1) is 12.3 Å². The summed E-state index contributed by atoms with van der Waals surface area (Å²) in [6.07, 6.45) is -6.34. The molecule has 134 valence electrons. The van der Waals surface area contributed by atoms with E-state index in [0.717, 1.165) is 4.57 Å². The van der Waals surface area contributed by atoms with E-state index in [9.17, 15) is 29.7 Å². The van der Waals surface area contributed by atoms with Crippen LogP contribution < -0.4 is 11.2 Å². The number of aromatic amines is 1. The van der Waals surface area contributed by atoms with Crippen molar-refractivity contribution in [1.29, 1.82) is 0 Å². The van der Waals surface area contributed by atoms with Gasteiger partial charge in [-0.2, -0.15) is 0 Å². The van der Waals surface area contributed by atoms with E-state index in [1.165, 1.54) is 13.1 Å². The Morgan fingerprint density at radius 2 is 1.88 bits per heavy atom. The summed E-state index contributed by atoms with van der Waals surface area (Å²) >= 11 is 0. The lowest BCUT2D eigenvalue weighted by molar-refractivity contribution is -0.149. The highest BCUT2D eigenvalue weighted by molar-refractivity contribution is 5.88. The molecule has 0 radical (unpaired) electrons. The average Bonchev–Trinajstić information content (AvgIpc) is 2.77. The zero-order valence-electron chi connectivity index (χ0n) is 13.9. The number of ketones is 1. The maximum atomic E-state index is 12.2. The molecule has 2 rings (SSSR count). The van der Waals surface area contributed by atoms with Crippen molar-refractivity contribution in [1.82, 2.24) is 9.55 Å². The van der Waals surface area contributed by atoms with Gasteiger partial charge < -0.3 is 20.1 Å². The molecule has 1 saturated heterocycles. The predicted octanol–water partition coefficient (Wildman–Crippen LogP) is -1.56. The minimum atomic E-state index is -1.67. The molecule has 0 bridgehead atoms. The fourth-order valence-corrected chi connectivity index (χ4v) is 2.54. The van der Waals surface area contributed by atoms with Crippen LogP contribution in [0.15, 0.2) is 15.8 Å². The smallest absolute Gasteiger partial charge is 0.330 e. The number of carbonyl (C=O) groups excluding carboxylic acids is 1. The van der Waals surface area contributed by atoms with Crippen molar-refractivity contribution in [3.63, 3.8) is 0 Å². The summed E-state index contributed by atoms with van der Waals surface area (Å²) in [7, 11) is 0. The largest absolute Gasteiger partial charge is 0.387 e. The second-order valence-electron chi connectivity index (χ2n) is 7.01. The second-order valence-corrected chi connectivity index (χ2v) is 7.01. The average molecular weight is 342 g/mol. The van der Waals surface area contributed by atoms with Gasteiger partial charge in [0.2, 0.25) is 0 Å².